The van der Waals surface area contributed by atoms with E-state index < -0.39 is 0 Å². The van der Waals surface area contributed by atoms with Crippen LogP contribution in [-0.4, -0.2) is 23.7 Å². The van der Waals surface area contributed by atoms with E-state index >= 15 is 0 Å². The Morgan fingerprint density at radius 3 is 2.35 bits per heavy atom. The molecule has 0 saturated carbocycles. The number of nitrogens with zero attached hydrogens (tertiary/aromatic N) is 1. The number of benzene rings is 2. The van der Waals surface area contributed by atoms with Crippen molar-refractivity contribution in [3.63, 3.8) is 0 Å². The summed E-state index contributed by atoms with van der Waals surface area (Å²) in [5.41, 5.74) is 2.46. The summed E-state index contributed by atoms with van der Waals surface area (Å²) in [7, 11) is 0. The quantitative estimate of drug-likeness (QED) is 0.892. The number of nitriles is 1. The summed E-state index contributed by atoms with van der Waals surface area (Å²) in [6.45, 7) is 3.77. The van der Waals surface area contributed by atoms with E-state index in [4.69, 9.17) is 0 Å². The lowest BCUT2D eigenvalue weighted by molar-refractivity contribution is 0.0897. The number of carbonyl (C=O) groups is 1. The molecule has 0 unspecified atom stereocenters. The van der Waals surface area contributed by atoms with Crippen molar-refractivity contribution in [2.75, 3.05) is 6.61 Å². The maximum Gasteiger partial charge on any atom is 0.252 e. The first-order valence-corrected chi connectivity index (χ1v) is 7.58. The second-order valence-corrected chi connectivity index (χ2v) is 5.71. The molecule has 0 saturated heterocycles. The molecule has 2 N–H and O–H groups in total. The van der Waals surface area contributed by atoms with Crippen molar-refractivity contribution < 1.29 is 9.90 Å². The Balaban J connectivity index is 2.42. The van der Waals surface area contributed by atoms with Gasteiger partial charge in [-0.1, -0.05) is 50.2 Å². The maximum absolute atomic E-state index is 12.6. The van der Waals surface area contributed by atoms with Gasteiger partial charge in [0.15, 0.2) is 0 Å². The molecule has 1 amide bonds. The molecule has 2 rings (SSSR count). The Morgan fingerprint density at radius 2 is 1.74 bits per heavy atom. The fourth-order valence-corrected chi connectivity index (χ4v) is 2.40. The maximum atomic E-state index is 12.6. The average molecular weight is 308 g/mol. The van der Waals surface area contributed by atoms with Crippen molar-refractivity contribution >= 4 is 5.91 Å². The van der Waals surface area contributed by atoms with E-state index in [0.717, 1.165) is 5.56 Å². The largest absolute Gasteiger partial charge is 0.394 e. The minimum Gasteiger partial charge on any atom is -0.394 e. The molecule has 0 aliphatic carbocycles. The van der Waals surface area contributed by atoms with E-state index in [-0.39, 0.29) is 24.5 Å². The van der Waals surface area contributed by atoms with Gasteiger partial charge in [-0.2, -0.15) is 5.26 Å². The molecule has 0 radical (unpaired) electrons. The molecular formula is C19H20N2O2. The van der Waals surface area contributed by atoms with Gasteiger partial charge in [0.05, 0.1) is 24.3 Å². The summed E-state index contributed by atoms with van der Waals surface area (Å²) in [6.07, 6.45) is 0. The molecular weight excluding hydrogens is 288 g/mol. The van der Waals surface area contributed by atoms with Gasteiger partial charge in [-0.3, -0.25) is 4.79 Å². The number of amides is 1. The Hall–Kier alpha value is -2.64. The summed E-state index contributed by atoms with van der Waals surface area (Å²) in [4.78, 5) is 12.6. The minimum atomic E-state index is -0.304. The zero-order valence-electron chi connectivity index (χ0n) is 13.3. The van der Waals surface area contributed by atoms with Gasteiger partial charge in [-0.25, -0.2) is 0 Å². The molecule has 0 aliphatic rings. The smallest absolute Gasteiger partial charge is 0.252 e. The van der Waals surface area contributed by atoms with Crippen LogP contribution < -0.4 is 5.32 Å². The molecule has 0 aliphatic heterocycles. The standard InChI is InChI=1S/C19H20N2O2/c1-13(2)18(12-22)21-19(23)17-10-6-5-9-16(17)15-8-4-3-7-14(15)11-20/h3-10,13,18,22H,12H2,1-2H3,(H,21,23)/t18-/m1/s1. The van der Waals surface area contributed by atoms with Gasteiger partial charge in [0, 0.05) is 11.1 Å². The van der Waals surface area contributed by atoms with Crippen LogP contribution in [0.25, 0.3) is 11.1 Å². The molecule has 0 spiro atoms. The van der Waals surface area contributed by atoms with Crippen LogP contribution in [0, 0.1) is 17.2 Å². The normalized spacial score (nSPS) is 11.8. The third-order valence-corrected chi connectivity index (χ3v) is 3.83. The van der Waals surface area contributed by atoms with Crippen LogP contribution in [0.1, 0.15) is 29.8 Å². The van der Waals surface area contributed by atoms with Crippen molar-refractivity contribution in [3.05, 3.63) is 59.7 Å². The Bertz CT molecular complexity index is 732. The van der Waals surface area contributed by atoms with Crippen molar-refractivity contribution in [2.24, 2.45) is 5.92 Å². The molecule has 1 atom stereocenters. The van der Waals surface area contributed by atoms with Crippen molar-refractivity contribution in [3.8, 4) is 17.2 Å². The number of rotatable bonds is 5. The molecule has 118 valence electrons. The van der Waals surface area contributed by atoms with Crippen LogP contribution in [0.3, 0.4) is 0 Å². The fourth-order valence-electron chi connectivity index (χ4n) is 2.40. The monoisotopic (exact) mass is 308 g/mol. The molecule has 2 aromatic carbocycles. The molecule has 0 fully saturated rings. The highest BCUT2D eigenvalue weighted by atomic mass is 16.3. The van der Waals surface area contributed by atoms with E-state index in [1.54, 1.807) is 24.3 Å². The van der Waals surface area contributed by atoms with Crippen LogP contribution >= 0.6 is 0 Å². The number of carbonyl (C=O) groups excluding carboxylic acids is 1. The highest BCUT2D eigenvalue weighted by Crippen LogP contribution is 2.27. The second kappa shape index (κ2) is 7.57. The lowest BCUT2D eigenvalue weighted by Gasteiger charge is -2.21. The molecule has 23 heavy (non-hydrogen) atoms. The topological polar surface area (TPSA) is 73.1 Å². The van der Waals surface area contributed by atoms with Gasteiger partial charge < -0.3 is 10.4 Å². The average Bonchev–Trinajstić information content (AvgIpc) is 2.59. The summed E-state index contributed by atoms with van der Waals surface area (Å²) < 4.78 is 0. The zero-order valence-corrected chi connectivity index (χ0v) is 13.3. The molecule has 4 nitrogen and oxygen atoms in total. The van der Waals surface area contributed by atoms with Gasteiger partial charge in [-0.05, 0) is 23.6 Å². The number of hydrogen-bond donors (Lipinski definition) is 2. The van der Waals surface area contributed by atoms with E-state index in [9.17, 15) is 15.2 Å². The molecule has 2 aromatic rings. The molecule has 0 aromatic heterocycles. The summed E-state index contributed by atoms with van der Waals surface area (Å²) >= 11 is 0. The van der Waals surface area contributed by atoms with Gasteiger partial charge in [0.2, 0.25) is 0 Å². The first-order chi connectivity index (χ1) is 11.1. The summed E-state index contributed by atoms with van der Waals surface area (Å²) in [6, 6.07) is 16.2. The van der Waals surface area contributed by atoms with Crippen molar-refractivity contribution in [1.29, 1.82) is 5.26 Å². The number of aliphatic hydroxyl groups is 1. The summed E-state index contributed by atoms with van der Waals surface area (Å²) in [5.74, 6) is -0.122. The van der Waals surface area contributed by atoms with E-state index in [1.165, 1.54) is 0 Å². The second-order valence-electron chi connectivity index (χ2n) is 5.71. The van der Waals surface area contributed by atoms with Crippen molar-refractivity contribution in [2.45, 2.75) is 19.9 Å². The first kappa shape index (κ1) is 16.7. The van der Waals surface area contributed by atoms with Gasteiger partial charge in [0.25, 0.3) is 5.91 Å². The summed E-state index contributed by atoms with van der Waals surface area (Å²) in [5, 5.41) is 21.5. The molecule has 0 heterocycles. The fraction of sp³-hybridized carbons (Fsp3) is 0.263. The highest BCUT2D eigenvalue weighted by Gasteiger charge is 2.19. The Morgan fingerprint density at radius 1 is 1.13 bits per heavy atom. The van der Waals surface area contributed by atoms with E-state index in [1.807, 2.05) is 38.1 Å². The van der Waals surface area contributed by atoms with Crippen LogP contribution in [0.4, 0.5) is 0 Å². The lowest BCUT2D eigenvalue weighted by atomic mass is 9.95. The van der Waals surface area contributed by atoms with Gasteiger partial charge in [-0.15, -0.1) is 0 Å². The first-order valence-electron chi connectivity index (χ1n) is 7.58. The predicted molar refractivity (Wildman–Crippen MR) is 89.8 cm³/mol. The Kier molecular flexibility index (Phi) is 5.51. The Labute approximate surface area is 136 Å². The number of aliphatic hydroxyl groups excluding tert-OH is 1. The zero-order chi connectivity index (χ0) is 16.8. The van der Waals surface area contributed by atoms with E-state index in [2.05, 4.69) is 11.4 Å². The predicted octanol–water partition coefficient (Wildman–Crippen LogP) is 2.97. The van der Waals surface area contributed by atoms with Crippen molar-refractivity contribution in [1.82, 2.24) is 5.32 Å². The third kappa shape index (κ3) is 3.77. The lowest BCUT2D eigenvalue weighted by Crippen LogP contribution is -2.41. The number of nitrogens with one attached hydrogen (secondary N) is 1. The van der Waals surface area contributed by atoms with Crippen LogP contribution in [0.5, 0.6) is 0 Å². The van der Waals surface area contributed by atoms with Crippen LogP contribution in [0.15, 0.2) is 48.5 Å². The van der Waals surface area contributed by atoms with Gasteiger partial charge >= 0.3 is 0 Å². The van der Waals surface area contributed by atoms with Crippen LogP contribution in [-0.2, 0) is 0 Å². The van der Waals surface area contributed by atoms with E-state index in [0.29, 0.717) is 16.7 Å². The van der Waals surface area contributed by atoms with Crippen LogP contribution in [0.2, 0.25) is 0 Å². The van der Waals surface area contributed by atoms with Gasteiger partial charge in [0.1, 0.15) is 0 Å². The molecule has 4 heteroatoms. The molecule has 0 bridgehead atoms. The number of hydrogen-bond acceptors (Lipinski definition) is 3. The minimum absolute atomic E-state index is 0.111. The SMILES string of the molecule is CC(C)[C@@H](CO)NC(=O)c1ccccc1-c1ccccc1C#N. The third-order valence-electron chi connectivity index (χ3n) is 3.83. The highest BCUT2D eigenvalue weighted by molar-refractivity contribution is 6.01.